The maximum absolute atomic E-state index is 13.2. The number of benzene rings is 1. The Labute approximate surface area is 189 Å². The van der Waals surface area contributed by atoms with E-state index in [9.17, 15) is 4.79 Å². The van der Waals surface area contributed by atoms with Crippen molar-refractivity contribution in [3.8, 4) is 0 Å². The molecule has 1 N–H and O–H groups in total. The van der Waals surface area contributed by atoms with Crippen LogP contribution in [0.5, 0.6) is 0 Å². The summed E-state index contributed by atoms with van der Waals surface area (Å²) < 4.78 is 0. The fourth-order valence-electron chi connectivity index (χ4n) is 4.12. The molecule has 7 nitrogen and oxygen atoms in total. The number of aromatic nitrogens is 3. The zero-order valence-corrected chi connectivity index (χ0v) is 18.7. The zero-order chi connectivity index (χ0) is 22.3. The summed E-state index contributed by atoms with van der Waals surface area (Å²) in [6, 6.07) is 16.3. The van der Waals surface area contributed by atoms with Crippen molar-refractivity contribution in [2.45, 2.75) is 45.3 Å². The van der Waals surface area contributed by atoms with Gasteiger partial charge < -0.3 is 10.2 Å². The third kappa shape index (κ3) is 5.48. The third-order valence-corrected chi connectivity index (χ3v) is 5.79. The van der Waals surface area contributed by atoms with E-state index in [1.165, 1.54) is 0 Å². The minimum absolute atomic E-state index is 0.146. The average Bonchev–Trinajstić information content (AvgIpc) is 3.27. The molecule has 1 aromatic carbocycles. The quantitative estimate of drug-likeness (QED) is 0.578. The Balaban J connectivity index is 1.40. The van der Waals surface area contributed by atoms with Crippen LogP contribution in [0.25, 0.3) is 0 Å². The second-order valence-corrected chi connectivity index (χ2v) is 8.40. The van der Waals surface area contributed by atoms with Gasteiger partial charge in [-0.25, -0.2) is 9.97 Å². The van der Waals surface area contributed by atoms with Crippen LogP contribution in [-0.2, 0) is 11.3 Å². The summed E-state index contributed by atoms with van der Waals surface area (Å²) >= 11 is 0. The minimum atomic E-state index is 0.146. The highest BCUT2D eigenvalue weighted by Gasteiger charge is 2.30. The van der Waals surface area contributed by atoms with E-state index in [2.05, 4.69) is 51.1 Å². The lowest BCUT2D eigenvalue weighted by molar-refractivity contribution is -0.135. The molecule has 1 fully saturated rings. The van der Waals surface area contributed by atoms with Crippen LogP contribution in [0.1, 0.15) is 44.0 Å². The van der Waals surface area contributed by atoms with Gasteiger partial charge in [0.25, 0.3) is 0 Å². The molecule has 3 heterocycles. The summed E-state index contributed by atoms with van der Waals surface area (Å²) in [5.41, 5.74) is 2.99. The van der Waals surface area contributed by atoms with Crippen molar-refractivity contribution in [3.63, 3.8) is 0 Å². The molecule has 0 radical (unpaired) electrons. The predicted molar refractivity (Wildman–Crippen MR) is 125 cm³/mol. The summed E-state index contributed by atoms with van der Waals surface area (Å²) in [5, 5.41) is 3.16. The number of anilines is 2. The molecule has 166 valence electrons. The van der Waals surface area contributed by atoms with Gasteiger partial charge in [0.2, 0.25) is 11.9 Å². The summed E-state index contributed by atoms with van der Waals surface area (Å²) in [7, 11) is 0. The van der Waals surface area contributed by atoms with Crippen molar-refractivity contribution in [3.05, 3.63) is 78.4 Å². The van der Waals surface area contributed by atoms with Gasteiger partial charge >= 0.3 is 0 Å². The van der Waals surface area contributed by atoms with E-state index in [0.717, 1.165) is 36.3 Å². The SMILES string of the molecule is CC(C)N(Cc1ccccc1)C(=O)CN1CCCC1c1ccc(Nc2ncccn2)cn1. The number of nitrogens with one attached hydrogen (secondary N) is 1. The molecule has 7 heteroatoms. The first-order valence-electron chi connectivity index (χ1n) is 11.2. The van der Waals surface area contributed by atoms with Crippen LogP contribution >= 0.6 is 0 Å². The van der Waals surface area contributed by atoms with Gasteiger partial charge in [-0.05, 0) is 57.0 Å². The number of carbonyl (C=O) groups is 1. The van der Waals surface area contributed by atoms with Crippen LogP contribution < -0.4 is 5.32 Å². The Bertz CT molecular complexity index is 994. The minimum Gasteiger partial charge on any atom is -0.335 e. The number of pyridine rings is 1. The lowest BCUT2D eigenvalue weighted by Crippen LogP contribution is -2.43. The number of amides is 1. The monoisotopic (exact) mass is 430 g/mol. The first-order valence-corrected chi connectivity index (χ1v) is 11.2. The fourth-order valence-corrected chi connectivity index (χ4v) is 4.12. The maximum Gasteiger partial charge on any atom is 0.237 e. The van der Waals surface area contributed by atoms with Crippen LogP contribution in [0.2, 0.25) is 0 Å². The van der Waals surface area contributed by atoms with Crippen LogP contribution in [0, 0.1) is 0 Å². The Morgan fingerprint density at radius 3 is 2.56 bits per heavy atom. The van der Waals surface area contributed by atoms with Gasteiger partial charge in [0.05, 0.1) is 30.2 Å². The van der Waals surface area contributed by atoms with Crippen molar-refractivity contribution in [2.24, 2.45) is 0 Å². The van der Waals surface area contributed by atoms with E-state index < -0.39 is 0 Å². The summed E-state index contributed by atoms with van der Waals surface area (Å²) in [6.45, 7) is 6.11. The van der Waals surface area contributed by atoms with E-state index in [1.807, 2.05) is 35.2 Å². The molecule has 2 aromatic heterocycles. The van der Waals surface area contributed by atoms with E-state index in [1.54, 1.807) is 24.7 Å². The van der Waals surface area contributed by atoms with Gasteiger partial charge in [-0.15, -0.1) is 0 Å². The molecule has 3 aromatic rings. The van der Waals surface area contributed by atoms with E-state index in [0.29, 0.717) is 19.0 Å². The lowest BCUT2D eigenvalue weighted by Gasteiger charge is -2.31. The normalized spacial score (nSPS) is 16.3. The van der Waals surface area contributed by atoms with Gasteiger partial charge in [0.1, 0.15) is 0 Å². The van der Waals surface area contributed by atoms with Crippen LogP contribution in [0.3, 0.4) is 0 Å². The molecule has 1 amide bonds. The molecule has 1 aliphatic heterocycles. The van der Waals surface area contributed by atoms with Crippen LogP contribution in [0.4, 0.5) is 11.6 Å². The van der Waals surface area contributed by atoms with E-state index in [-0.39, 0.29) is 18.0 Å². The van der Waals surface area contributed by atoms with Crippen molar-refractivity contribution < 1.29 is 4.79 Å². The first kappa shape index (κ1) is 21.9. The van der Waals surface area contributed by atoms with Crippen LogP contribution in [-0.4, -0.2) is 49.8 Å². The third-order valence-electron chi connectivity index (χ3n) is 5.79. The number of hydrogen-bond donors (Lipinski definition) is 1. The molecule has 0 aliphatic carbocycles. The molecule has 0 spiro atoms. The lowest BCUT2D eigenvalue weighted by atomic mass is 10.1. The van der Waals surface area contributed by atoms with Crippen molar-refractivity contribution >= 4 is 17.5 Å². The predicted octanol–water partition coefficient (Wildman–Crippen LogP) is 4.19. The molecule has 32 heavy (non-hydrogen) atoms. The summed E-state index contributed by atoms with van der Waals surface area (Å²) in [6.07, 6.45) is 7.28. The van der Waals surface area contributed by atoms with E-state index >= 15 is 0 Å². The second kappa shape index (κ2) is 10.3. The molecular weight excluding hydrogens is 400 g/mol. The summed E-state index contributed by atoms with van der Waals surface area (Å²) in [4.78, 5) is 30.5. The molecule has 1 atom stereocenters. The Kier molecular flexibility index (Phi) is 7.07. The van der Waals surface area contributed by atoms with Gasteiger partial charge in [-0.1, -0.05) is 30.3 Å². The van der Waals surface area contributed by atoms with Gasteiger partial charge in [0, 0.05) is 25.0 Å². The molecular formula is C25H30N6O. The summed E-state index contributed by atoms with van der Waals surface area (Å²) in [5.74, 6) is 0.706. The molecule has 0 bridgehead atoms. The molecule has 1 aliphatic rings. The van der Waals surface area contributed by atoms with Crippen LogP contribution in [0.15, 0.2) is 67.1 Å². The van der Waals surface area contributed by atoms with Crippen molar-refractivity contribution in [2.75, 3.05) is 18.4 Å². The number of hydrogen-bond acceptors (Lipinski definition) is 6. The topological polar surface area (TPSA) is 74.2 Å². The van der Waals surface area contributed by atoms with E-state index in [4.69, 9.17) is 0 Å². The van der Waals surface area contributed by atoms with Crippen molar-refractivity contribution in [1.82, 2.24) is 24.8 Å². The highest BCUT2D eigenvalue weighted by molar-refractivity contribution is 5.78. The largest absolute Gasteiger partial charge is 0.335 e. The maximum atomic E-state index is 13.2. The molecule has 4 rings (SSSR count). The highest BCUT2D eigenvalue weighted by atomic mass is 16.2. The van der Waals surface area contributed by atoms with Gasteiger partial charge in [-0.3, -0.25) is 14.7 Å². The second-order valence-electron chi connectivity index (χ2n) is 8.40. The standard InChI is InChI=1S/C25H30N6O/c1-19(2)31(17-20-8-4-3-5-9-20)24(32)18-30-15-6-10-23(30)22-12-11-21(16-28-22)29-25-26-13-7-14-27-25/h3-5,7-9,11-14,16,19,23H,6,10,15,17-18H2,1-2H3,(H,26,27,29). The number of carbonyl (C=O) groups excluding carboxylic acids is 1. The van der Waals surface area contributed by atoms with Gasteiger partial charge in [0.15, 0.2) is 0 Å². The Morgan fingerprint density at radius 2 is 1.88 bits per heavy atom. The first-order chi connectivity index (χ1) is 15.6. The van der Waals surface area contributed by atoms with Crippen molar-refractivity contribution in [1.29, 1.82) is 0 Å². The van der Waals surface area contributed by atoms with Gasteiger partial charge in [-0.2, -0.15) is 0 Å². The zero-order valence-electron chi connectivity index (χ0n) is 18.7. The molecule has 1 unspecified atom stereocenters. The Hall–Kier alpha value is -3.32. The number of rotatable bonds is 8. The fraction of sp³-hybridized carbons (Fsp3) is 0.360. The molecule has 1 saturated heterocycles. The molecule has 0 saturated carbocycles. The number of nitrogens with zero attached hydrogens (tertiary/aromatic N) is 5. The smallest absolute Gasteiger partial charge is 0.237 e. The average molecular weight is 431 g/mol. The highest BCUT2D eigenvalue weighted by Crippen LogP contribution is 2.31. The Morgan fingerprint density at radius 1 is 1.09 bits per heavy atom. The number of likely N-dealkylation sites (tertiary alicyclic amines) is 1.